The van der Waals surface area contributed by atoms with Gasteiger partial charge in [-0.2, -0.15) is 0 Å². The Morgan fingerprint density at radius 2 is 1.77 bits per heavy atom. The zero-order valence-electron chi connectivity index (χ0n) is 15.0. The van der Waals surface area contributed by atoms with Crippen LogP contribution < -0.4 is 5.32 Å². The number of nitrogens with zero attached hydrogens (tertiary/aromatic N) is 1. The number of aromatic nitrogens is 1. The predicted molar refractivity (Wildman–Crippen MR) is 103 cm³/mol. The molecule has 1 heterocycles. The van der Waals surface area contributed by atoms with E-state index in [0.717, 1.165) is 17.7 Å². The van der Waals surface area contributed by atoms with Crippen LogP contribution in [0.15, 0.2) is 71.3 Å². The lowest BCUT2D eigenvalue weighted by Gasteiger charge is -2.12. The molecule has 1 aromatic heterocycles. The Bertz CT molecular complexity index is 812. The van der Waals surface area contributed by atoms with Gasteiger partial charge in [-0.3, -0.25) is 4.79 Å². The van der Waals surface area contributed by atoms with E-state index in [0.29, 0.717) is 31.2 Å². The van der Waals surface area contributed by atoms with Gasteiger partial charge in [0.05, 0.1) is 6.20 Å². The lowest BCUT2D eigenvalue weighted by molar-refractivity contribution is -0.121. The zero-order chi connectivity index (χ0) is 18.2. The summed E-state index contributed by atoms with van der Waals surface area (Å²) in [6.07, 6.45) is 3.60. The van der Waals surface area contributed by atoms with E-state index in [1.807, 2.05) is 48.5 Å². The monoisotopic (exact) mass is 348 g/mol. The van der Waals surface area contributed by atoms with Gasteiger partial charge in [-0.15, -0.1) is 0 Å². The van der Waals surface area contributed by atoms with E-state index < -0.39 is 0 Å². The van der Waals surface area contributed by atoms with Crippen molar-refractivity contribution in [3.8, 4) is 11.3 Å². The smallest absolute Gasteiger partial charge is 0.220 e. The summed E-state index contributed by atoms with van der Waals surface area (Å²) in [4.78, 5) is 16.3. The third-order valence-corrected chi connectivity index (χ3v) is 4.38. The van der Waals surface area contributed by atoms with Crippen LogP contribution in [-0.4, -0.2) is 17.4 Å². The average Bonchev–Trinajstić information content (AvgIpc) is 3.16. The number of hydrogen-bond acceptors (Lipinski definition) is 3. The van der Waals surface area contributed by atoms with E-state index in [9.17, 15) is 4.79 Å². The van der Waals surface area contributed by atoms with E-state index in [2.05, 4.69) is 29.4 Å². The Balaban J connectivity index is 1.39. The minimum atomic E-state index is 0.0719. The molecular formula is C22H24N2O2. The maximum Gasteiger partial charge on any atom is 0.220 e. The molecule has 3 rings (SSSR count). The highest BCUT2D eigenvalue weighted by Crippen LogP contribution is 2.20. The number of carbonyl (C=O) groups is 1. The van der Waals surface area contributed by atoms with Crippen LogP contribution in [-0.2, 0) is 11.2 Å². The number of hydrogen-bond donors (Lipinski definition) is 1. The second-order valence-corrected chi connectivity index (χ2v) is 6.45. The van der Waals surface area contributed by atoms with Crippen LogP contribution in [0.1, 0.15) is 37.1 Å². The van der Waals surface area contributed by atoms with Crippen LogP contribution in [0, 0.1) is 0 Å². The van der Waals surface area contributed by atoms with Crippen molar-refractivity contribution in [3.63, 3.8) is 0 Å². The highest BCUT2D eigenvalue weighted by molar-refractivity contribution is 5.75. The Morgan fingerprint density at radius 3 is 2.50 bits per heavy atom. The zero-order valence-corrected chi connectivity index (χ0v) is 15.0. The summed E-state index contributed by atoms with van der Waals surface area (Å²) in [5.74, 6) is 1.82. The van der Waals surface area contributed by atoms with Gasteiger partial charge >= 0.3 is 0 Å². The fourth-order valence-corrected chi connectivity index (χ4v) is 2.82. The summed E-state index contributed by atoms with van der Waals surface area (Å²) in [6.45, 7) is 2.77. The molecule has 1 amide bonds. The number of oxazole rings is 1. The highest BCUT2D eigenvalue weighted by atomic mass is 16.4. The summed E-state index contributed by atoms with van der Waals surface area (Å²) in [6, 6.07) is 20.1. The normalized spacial score (nSPS) is 11.9. The first-order valence-corrected chi connectivity index (χ1v) is 9.04. The molecule has 0 aliphatic carbocycles. The number of rotatable bonds is 8. The van der Waals surface area contributed by atoms with Gasteiger partial charge in [0.15, 0.2) is 11.7 Å². The van der Waals surface area contributed by atoms with E-state index in [4.69, 9.17) is 4.42 Å². The van der Waals surface area contributed by atoms with Crippen molar-refractivity contribution in [2.75, 3.05) is 6.54 Å². The largest absolute Gasteiger partial charge is 0.441 e. The predicted octanol–water partition coefficient (Wildman–Crippen LogP) is 4.58. The van der Waals surface area contributed by atoms with Crippen LogP contribution in [0.2, 0.25) is 0 Å². The quantitative estimate of drug-likeness (QED) is 0.648. The molecule has 0 saturated heterocycles. The van der Waals surface area contributed by atoms with Crippen molar-refractivity contribution < 1.29 is 9.21 Å². The first kappa shape index (κ1) is 17.9. The third kappa shape index (κ3) is 5.06. The maximum atomic E-state index is 12.0. The minimum absolute atomic E-state index is 0.0719. The van der Waals surface area contributed by atoms with Crippen molar-refractivity contribution in [2.45, 2.75) is 32.1 Å². The van der Waals surface area contributed by atoms with Crippen molar-refractivity contribution in [3.05, 3.63) is 78.3 Å². The molecule has 26 heavy (non-hydrogen) atoms. The SMILES string of the molecule is C[C@H](CNC(=O)CCCc1ncc(-c2ccccc2)o1)c1ccccc1. The molecule has 4 nitrogen and oxygen atoms in total. The first-order valence-electron chi connectivity index (χ1n) is 9.04. The number of aryl methyl sites for hydroxylation is 1. The summed E-state index contributed by atoms with van der Waals surface area (Å²) in [5.41, 5.74) is 2.25. The van der Waals surface area contributed by atoms with Crippen LogP contribution in [0.5, 0.6) is 0 Å². The third-order valence-electron chi connectivity index (χ3n) is 4.38. The summed E-state index contributed by atoms with van der Waals surface area (Å²) in [5, 5.41) is 3.01. The molecule has 0 unspecified atom stereocenters. The molecule has 0 bridgehead atoms. The van der Waals surface area contributed by atoms with Gasteiger partial charge in [0.2, 0.25) is 5.91 Å². The van der Waals surface area contributed by atoms with Crippen molar-refractivity contribution in [2.24, 2.45) is 0 Å². The highest BCUT2D eigenvalue weighted by Gasteiger charge is 2.09. The lowest BCUT2D eigenvalue weighted by Crippen LogP contribution is -2.27. The molecule has 2 aromatic carbocycles. The topological polar surface area (TPSA) is 55.1 Å². The average molecular weight is 348 g/mol. The molecule has 134 valence electrons. The molecule has 0 spiro atoms. The number of carbonyl (C=O) groups excluding carboxylic acids is 1. The van der Waals surface area contributed by atoms with Gasteiger partial charge in [0.1, 0.15) is 0 Å². The fraction of sp³-hybridized carbons (Fsp3) is 0.273. The van der Waals surface area contributed by atoms with Gasteiger partial charge in [-0.25, -0.2) is 4.98 Å². The van der Waals surface area contributed by atoms with Crippen LogP contribution in [0.4, 0.5) is 0 Å². The van der Waals surface area contributed by atoms with E-state index in [1.54, 1.807) is 6.20 Å². The maximum absolute atomic E-state index is 12.0. The van der Waals surface area contributed by atoms with Crippen molar-refractivity contribution in [1.82, 2.24) is 10.3 Å². The molecule has 0 aliphatic rings. The van der Waals surface area contributed by atoms with Gasteiger partial charge < -0.3 is 9.73 Å². The first-order chi connectivity index (χ1) is 12.7. The summed E-state index contributed by atoms with van der Waals surface area (Å²) >= 11 is 0. The lowest BCUT2D eigenvalue weighted by atomic mass is 10.0. The second kappa shape index (κ2) is 8.99. The Hall–Kier alpha value is -2.88. The van der Waals surface area contributed by atoms with E-state index in [1.165, 1.54) is 5.56 Å². The van der Waals surface area contributed by atoms with E-state index in [-0.39, 0.29) is 5.91 Å². The molecule has 0 fully saturated rings. The van der Waals surface area contributed by atoms with Gasteiger partial charge in [-0.05, 0) is 17.9 Å². The summed E-state index contributed by atoms with van der Waals surface area (Å²) in [7, 11) is 0. The Kier molecular flexibility index (Phi) is 6.20. The Morgan fingerprint density at radius 1 is 1.08 bits per heavy atom. The molecule has 0 aliphatic heterocycles. The van der Waals surface area contributed by atoms with E-state index >= 15 is 0 Å². The molecular weight excluding hydrogens is 324 g/mol. The van der Waals surface area contributed by atoms with Crippen molar-refractivity contribution in [1.29, 1.82) is 0 Å². The van der Waals surface area contributed by atoms with Gasteiger partial charge in [0, 0.05) is 24.9 Å². The summed E-state index contributed by atoms with van der Waals surface area (Å²) < 4.78 is 5.76. The molecule has 4 heteroatoms. The standard InChI is InChI=1S/C22H24N2O2/c1-17(18-9-4-2-5-10-18)15-23-21(25)13-8-14-22-24-16-20(26-22)19-11-6-3-7-12-19/h2-7,9-12,16-17H,8,13-15H2,1H3,(H,23,25)/t17-/m1/s1. The molecule has 1 N–H and O–H groups in total. The van der Waals surface area contributed by atoms with Gasteiger partial charge in [-0.1, -0.05) is 67.6 Å². The Labute approximate surface area is 154 Å². The minimum Gasteiger partial charge on any atom is -0.441 e. The second-order valence-electron chi connectivity index (χ2n) is 6.45. The molecule has 3 aromatic rings. The molecule has 1 atom stereocenters. The number of nitrogens with one attached hydrogen (secondary N) is 1. The fourth-order valence-electron chi connectivity index (χ4n) is 2.82. The van der Waals surface area contributed by atoms with Gasteiger partial charge in [0.25, 0.3) is 0 Å². The van der Waals surface area contributed by atoms with Crippen LogP contribution in [0.25, 0.3) is 11.3 Å². The van der Waals surface area contributed by atoms with Crippen LogP contribution >= 0.6 is 0 Å². The number of benzene rings is 2. The molecule has 0 saturated carbocycles. The van der Waals surface area contributed by atoms with Crippen LogP contribution in [0.3, 0.4) is 0 Å². The van der Waals surface area contributed by atoms with Crippen molar-refractivity contribution >= 4 is 5.91 Å². The molecule has 0 radical (unpaired) electrons. The number of amides is 1.